The average molecular weight is 397 g/mol. The first-order valence-electron chi connectivity index (χ1n) is 9.15. The Morgan fingerprint density at radius 1 is 1.14 bits per heavy atom. The van der Waals surface area contributed by atoms with E-state index in [1.54, 1.807) is 13.3 Å². The van der Waals surface area contributed by atoms with Crippen LogP contribution in [0.2, 0.25) is 0 Å². The van der Waals surface area contributed by atoms with E-state index >= 15 is 0 Å². The summed E-state index contributed by atoms with van der Waals surface area (Å²) in [6.07, 6.45) is 2.07. The quantitative estimate of drug-likeness (QED) is 0.575. The molecular formula is C22H24N2O3S. The third-order valence-corrected chi connectivity index (χ3v) is 4.93. The number of anilines is 1. The van der Waals surface area contributed by atoms with Gasteiger partial charge in [0.15, 0.2) is 5.13 Å². The highest BCUT2D eigenvalue weighted by molar-refractivity contribution is 7.13. The number of hydrogen-bond acceptors (Lipinski definition) is 5. The van der Waals surface area contributed by atoms with Crippen molar-refractivity contribution in [3.05, 3.63) is 71.2 Å². The predicted molar refractivity (Wildman–Crippen MR) is 112 cm³/mol. The zero-order chi connectivity index (χ0) is 19.9. The first-order chi connectivity index (χ1) is 13.6. The van der Waals surface area contributed by atoms with Crippen molar-refractivity contribution in [2.45, 2.75) is 32.3 Å². The normalized spacial score (nSPS) is 11.9. The number of benzene rings is 2. The van der Waals surface area contributed by atoms with Gasteiger partial charge in [-0.15, -0.1) is 11.3 Å². The number of para-hydroxylation sites is 1. The molecule has 0 unspecified atom stereocenters. The van der Waals surface area contributed by atoms with Crippen molar-refractivity contribution in [3.63, 3.8) is 0 Å². The Labute approximate surface area is 169 Å². The molecule has 1 N–H and O–H groups in total. The number of ether oxygens (including phenoxy) is 2. The first kappa shape index (κ1) is 19.9. The van der Waals surface area contributed by atoms with Crippen LogP contribution >= 0.6 is 11.3 Å². The Morgan fingerprint density at radius 2 is 1.89 bits per heavy atom. The average Bonchev–Trinajstić information content (AvgIpc) is 3.19. The zero-order valence-corrected chi connectivity index (χ0v) is 17.0. The number of nitrogens with zero attached hydrogens (tertiary/aromatic N) is 1. The maximum atomic E-state index is 12.7. The number of aromatic nitrogens is 1. The van der Waals surface area contributed by atoms with Crippen LogP contribution in [0.1, 0.15) is 37.3 Å². The fourth-order valence-electron chi connectivity index (χ4n) is 3.05. The lowest BCUT2D eigenvalue weighted by molar-refractivity contribution is -0.116. The number of hydrogen-bond donors (Lipinski definition) is 1. The van der Waals surface area contributed by atoms with E-state index in [1.807, 2.05) is 67.8 Å². The molecule has 1 heterocycles. The van der Waals surface area contributed by atoms with Crippen LogP contribution in [-0.2, 0) is 4.79 Å². The molecule has 5 nitrogen and oxygen atoms in total. The number of methoxy groups -OCH3 is 1. The molecule has 0 saturated carbocycles. The van der Waals surface area contributed by atoms with Crippen LogP contribution in [0.5, 0.6) is 11.5 Å². The summed E-state index contributed by atoms with van der Waals surface area (Å²) in [5.74, 6) is 1.33. The molecule has 0 aliphatic heterocycles. The van der Waals surface area contributed by atoms with Gasteiger partial charge in [-0.25, -0.2) is 4.98 Å². The van der Waals surface area contributed by atoms with Gasteiger partial charge in [-0.1, -0.05) is 30.3 Å². The second-order valence-corrected chi connectivity index (χ2v) is 7.51. The molecule has 3 aromatic rings. The molecule has 28 heavy (non-hydrogen) atoms. The number of carbonyl (C=O) groups is 1. The molecule has 0 fully saturated rings. The molecule has 0 aliphatic carbocycles. The van der Waals surface area contributed by atoms with Crippen molar-refractivity contribution >= 4 is 22.4 Å². The van der Waals surface area contributed by atoms with E-state index in [1.165, 1.54) is 11.3 Å². The van der Waals surface area contributed by atoms with E-state index in [0.29, 0.717) is 5.13 Å². The Hall–Kier alpha value is -2.86. The monoisotopic (exact) mass is 396 g/mol. The van der Waals surface area contributed by atoms with Crippen LogP contribution in [0.4, 0.5) is 5.13 Å². The lowest BCUT2D eigenvalue weighted by atomic mass is 9.87. The molecule has 0 aliphatic rings. The van der Waals surface area contributed by atoms with Crippen molar-refractivity contribution in [2.75, 3.05) is 12.4 Å². The molecule has 3 rings (SSSR count). The van der Waals surface area contributed by atoms with Crippen LogP contribution in [0.3, 0.4) is 0 Å². The Morgan fingerprint density at radius 3 is 2.54 bits per heavy atom. The number of thiazole rings is 1. The second kappa shape index (κ2) is 9.37. The summed E-state index contributed by atoms with van der Waals surface area (Å²) in [5.41, 5.74) is 1.99. The fourth-order valence-corrected chi connectivity index (χ4v) is 3.60. The summed E-state index contributed by atoms with van der Waals surface area (Å²) in [6.45, 7) is 3.99. The van der Waals surface area contributed by atoms with Gasteiger partial charge in [0.25, 0.3) is 0 Å². The number of amides is 1. The smallest absolute Gasteiger partial charge is 0.227 e. The standard InChI is InChI=1S/C22H24N2O3S/c1-15(2)27-17-10-8-16(9-11-17)19(18-6-4-5-7-20(18)26-3)14-21(25)24-22-23-12-13-28-22/h4-13,15,19H,14H2,1-3H3,(H,23,24,25)/t19-/m0/s1. The molecule has 2 aromatic carbocycles. The number of rotatable bonds is 8. The highest BCUT2D eigenvalue weighted by Gasteiger charge is 2.22. The topological polar surface area (TPSA) is 60.5 Å². The van der Waals surface area contributed by atoms with Crippen molar-refractivity contribution in [1.29, 1.82) is 0 Å². The fraction of sp³-hybridized carbons (Fsp3) is 0.273. The Kier molecular flexibility index (Phi) is 6.66. The van der Waals surface area contributed by atoms with Gasteiger partial charge in [-0.2, -0.15) is 0 Å². The van der Waals surface area contributed by atoms with E-state index in [4.69, 9.17) is 9.47 Å². The van der Waals surface area contributed by atoms with Gasteiger partial charge >= 0.3 is 0 Å². The molecule has 6 heteroatoms. The maximum Gasteiger partial charge on any atom is 0.227 e. The molecule has 1 atom stereocenters. The van der Waals surface area contributed by atoms with Crippen molar-refractivity contribution in [1.82, 2.24) is 4.98 Å². The summed E-state index contributed by atoms with van der Waals surface area (Å²) in [4.78, 5) is 16.8. The third kappa shape index (κ3) is 5.10. The van der Waals surface area contributed by atoms with Crippen LogP contribution in [0.25, 0.3) is 0 Å². The molecule has 0 radical (unpaired) electrons. The zero-order valence-electron chi connectivity index (χ0n) is 16.2. The van der Waals surface area contributed by atoms with Gasteiger partial charge in [0.1, 0.15) is 11.5 Å². The van der Waals surface area contributed by atoms with Gasteiger partial charge in [0, 0.05) is 29.5 Å². The summed E-state index contributed by atoms with van der Waals surface area (Å²) in [7, 11) is 1.64. The summed E-state index contributed by atoms with van der Waals surface area (Å²) < 4.78 is 11.3. The minimum atomic E-state index is -0.149. The highest BCUT2D eigenvalue weighted by Crippen LogP contribution is 2.35. The molecule has 0 saturated heterocycles. The summed E-state index contributed by atoms with van der Waals surface area (Å²) in [6, 6.07) is 15.7. The predicted octanol–water partition coefficient (Wildman–Crippen LogP) is 5.10. The minimum absolute atomic E-state index is 0.0895. The second-order valence-electron chi connectivity index (χ2n) is 6.62. The maximum absolute atomic E-state index is 12.7. The van der Waals surface area contributed by atoms with Crippen LogP contribution in [0.15, 0.2) is 60.1 Å². The molecular weight excluding hydrogens is 372 g/mol. The minimum Gasteiger partial charge on any atom is -0.496 e. The van der Waals surface area contributed by atoms with E-state index in [2.05, 4.69) is 10.3 Å². The molecule has 1 aromatic heterocycles. The first-order valence-corrected chi connectivity index (χ1v) is 10.0. The van der Waals surface area contributed by atoms with Crippen molar-refractivity contribution in [3.8, 4) is 11.5 Å². The van der Waals surface area contributed by atoms with Crippen LogP contribution < -0.4 is 14.8 Å². The van der Waals surface area contributed by atoms with Crippen molar-refractivity contribution < 1.29 is 14.3 Å². The van der Waals surface area contributed by atoms with E-state index in [-0.39, 0.29) is 24.3 Å². The largest absolute Gasteiger partial charge is 0.496 e. The van der Waals surface area contributed by atoms with Crippen LogP contribution in [-0.4, -0.2) is 24.1 Å². The molecule has 0 bridgehead atoms. The summed E-state index contributed by atoms with van der Waals surface area (Å²) >= 11 is 1.40. The van der Waals surface area contributed by atoms with E-state index in [9.17, 15) is 4.79 Å². The summed E-state index contributed by atoms with van der Waals surface area (Å²) in [5, 5.41) is 5.31. The van der Waals surface area contributed by atoms with E-state index < -0.39 is 0 Å². The van der Waals surface area contributed by atoms with Crippen LogP contribution in [0, 0.1) is 0 Å². The number of nitrogens with one attached hydrogen (secondary N) is 1. The Bertz CT molecular complexity index is 892. The van der Waals surface area contributed by atoms with Gasteiger partial charge < -0.3 is 14.8 Å². The Balaban J connectivity index is 1.88. The van der Waals surface area contributed by atoms with Crippen molar-refractivity contribution in [2.24, 2.45) is 0 Å². The van der Waals surface area contributed by atoms with Gasteiger partial charge in [0.2, 0.25) is 5.91 Å². The number of carbonyl (C=O) groups excluding carboxylic acids is 1. The highest BCUT2D eigenvalue weighted by atomic mass is 32.1. The SMILES string of the molecule is COc1ccccc1[C@@H](CC(=O)Nc1nccs1)c1ccc(OC(C)C)cc1. The van der Waals surface area contributed by atoms with Gasteiger partial charge in [0.05, 0.1) is 13.2 Å². The molecule has 146 valence electrons. The molecule has 0 spiro atoms. The lowest BCUT2D eigenvalue weighted by Crippen LogP contribution is -2.17. The van der Waals surface area contributed by atoms with E-state index in [0.717, 1.165) is 22.6 Å². The van der Waals surface area contributed by atoms with Gasteiger partial charge in [-0.05, 0) is 37.6 Å². The lowest BCUT2D eigenvalue weighted by Gasteiger charge is -2.20. The molecule has 1 amide bonds. The third-order valence-electron chi connectivity index (χ3n) is 4.24. The van der Waals surface area contributed by atoms with Gasteiger partial charge in [-0.3, -0.25) is 4.79 Å².